The maximum Gasteiger partial charge on any atom is 0.0661 e. The van der Waals surface area contributed by atoms with E-state index in [9.17, 15) is 0 Å². The van der Waals surface area contributed by atoms with Crippen LogP contribution in [0.1, 0.15) is 40.5 Å². The van der Waals surface area contributed by atoms with Crippen LogP contribution in [0.15, 0.2) is 29.6 Å². The lowest BCUT2D eigenvalue weighted by atomic mass is 9.89. The van der Waals surface area contributed by atoms with Gasteiger partial charge in [0, 0.05) is 4.88 Å². The molecule has 0 radical (unpaired) electrons. The zero-order valence-corrected chi connectivity index (χ0v) is 11.7. The first-order valence-corrected chi connectivity index (χ1v) is 7.61. The van der Waals surface area contributed by atoms with E-state index in [2.05, 4.69) is 18.2 Å². The van der Waals surface area contributed by atoms with Crippen molar-refractivity contribution in [3.63, 3.8) is 0 Å². The molecule has 0 saturated carbocycles. The van der Waals surface area contributed by atoms with Gasteiger partial charge in [0.25, 0.3) is 0 Å². The summed E-state index contributed by atoms with van der Waals surface area (Å²) < 4.78 is 0. The van der Waals surface area contributed by atoms with E-state index >= 15 is 0 Å². The molecule has 0 aliphatic heterocycles. The Labute approximate surface area is 117 Å². The molecule has 0 bridgehead atoms. The quantitative estimate of drug-likeness (QED) is 0.869. The Kier molecular flexibility index (Phi) is 3.42. The van der Waals surface area contributed by atoms with Crippen molar-refractivity contribution in [1.82, 2.24) is 0 Å². The van der Waals surface area contributed by atoms with Crippen LogP contribution in [0.5, 0.6) is 0 Å². The fraction of sp³-hybridized carbons (Fsp3) is 0.333. The van der Waals surface area contributed by atoms with Crippen molar-refractivity contribution < 1.29 is 0 Å². The van der Waals surface area contributed by atoms with Crippen molar-refractivity contribution >= 4 is 22.9 Å². The van der Waals surface area contributed by atoms with Gasteiger partial charge in [-0.05, 0) is 53.8 Å². The molecule has 1 unspecified atom stereocenters. The minimum absolute atomic E-state index is 0.0928. The standard InChI is InChI=1S/C15H16ClNS/c16-13-7-8-18-15(13)14(17)12-6-5-10-3-1-2-4-11(10)9-12/h5-9,14H,1-4,17H2. The molecule has 1 aromatic heterocycles. The molecule has 3 heteroatoms. The summed E-state index contributed by atoms with van der Waals surface area (Å²) in [5, 5.41) is 2.78. The number of halogens is 1. The Morgan fingerprint density at radius 1 is 1.11 bits per heavy atom. The van der Waals surface area contributed by atoms with Crippen LogP contribution in [0.4, 0.5) is 0 Å². The minimum Gasteiger partial charge on any atom is -0.320 e. The number of benzene rings is 1. The summed E-state index contributed by atoms with van der Waals surface area (Å²) in [6, 6.07) is 8.50. The summed E-state index contributed by atoms with van der Waals surface area (Å²) in [4.78, 5) is 1.06. The van der Waals surface area contributed by atoms with E-state index in [4.69, 9.17) is 17.3 Å². The highest BCUT2D eigenvalue weighted by Crippen LogP contribution is 2.33. The summed E-state index contributed by atoms with van der Waals surface area (Å²) >= 11 is 7.79. The lowest BCUT2D eigenvalue weighted by molar-refractivity contribution is 0.683. The number of thiophene rings is 1. The Balaban J connectivity index is 1.95. The van der Waals surface area contributed by atoms with Gasteiger partial charge in [0.1, 0.15) is 0 Å². The Morgan fingerprint density at radius 2 is 1.89 bits per heavy atom. The summed E-state index contributed by atoms with van der Waals surface area (Å²) in [5.74, 6) is 0. The van der Waals surface area contributed by atoms with Gasteiger partial charge in [0.15, 0.2) is 0 Å². The molecule has 1 heterocycles. The van der Waals surface area contributed by atoms with Crippen molar-refractivity contribution in [3.05, 3.63) is 56.2 Å². The highest BCUT2D eigenvalue weighted by molar-refractivity contribution is 7.10. The first-order valence-electron chi connectivity index (χ1n) is 6.36. The van der Waals surface area contributed by atoms with Crippen LogP contribution in [0.25, 0.3) is 0 Å². The Hall–Kier alpha value is -0.830. The zero-order chi connectivity index (χ0) is 12.5. The molecule has 18 heavy (non-hydrogen) atoms. The van der Waals surface area contributed by atoms with Gasteiger partial charge in [-0.3, -0.25) is 0 Å². The van der Waals surface area contributed by atoms with Crippen molar-refractivity contribution in [2.24, 2.45) is 5.73 Å². The molecule has 1 aliphatic carbocycles. The number of hydrogen-bond donors (Lipinski definition) is 1. The van der Waals surface area contributed by atoms with E-state index in [1.54, 1.807) is 11.3 Å². The van der Waals surface area contributed by atoms with E-state index < -0.39 is 0 Å². The highest BCUT2D eigenvalue weighted by Gasteiger charge is 2.16. The minimum atomic E-state index is -0.0928. The number of aryl methyl sites for hydroxylation is 2. The third kappa shape index (κ3) is 2.20. The third-order valence-corrected chi connectivity index (χ3v) is 5.10. The average molecular weight is 278 g/mol. The van der Waals surface area contributed by atoms with Crippen LogP contribution in [-0.2, 0) is 12.8 Å². The van der Waals surface area contributed by atoms with Gasteiger partial charge in [-0.2, -0.15) is 0 Å². The van der Waals surface area contributed by atoms with E-state index in [1.165, 1.54) is 42.4 Å². The lowest BCUT2D eigenvalue weighted by Crippen LogP contribution is -2.12. The van der Waals surface area contributed by atoms with Crippen molar-refractivity contribution in [2.45, 2.75) is 31.7 Å². The van der Waals surface area contributed by atoms with Gasteiger partial charge >= 0.3 is 0 Å². The van der Waals surface area contributed by atoms with E-state index in [0.717, 1.165) is 9.90 Å². The normalized spacial score (nSPS) is 16.3. The summed E-state index contributed by atoms with van der Waals surface area (Å²) in [6.45, 7) is 0. The van der Waals surface area contributed by atoms with Crippen molar-refractivity contribution in [1.29, 1.82) is 0 Å². The summed E-state index contributed by atoms with van der Waals surface area (Å²) in [6.07, 6.45) is 5.01. The van der Waals surface area contributed by atoms with Gasteiger partial charge in [-0.15, -0.1) is 11.3 Å². The van der Waals surface area contributed by atoms with Crippen LogP contribution in [0.2, 0.25) is 5.02 Å². The molecule has 0 saturated heterocycles. The Morgan fingerprint density at radius 3 is 2.61 bits per heavy atom. The average Bonchev–Trinajstić information content (AvgIpc) is 2.83. The van der Waals surface area contributed by atoms with Gasteiger partial charge in [-0.1, -0.05) is 29.8 Å². The number of hydrogen-bond acceptors (Lipinski definition) is 2. The number of rotatable bonds is 2. The summed E-state index contributed by atoms with van der Waals surface area (Å²) in [5.41, 5.74) is 10.5. The second-order valence-corrected chi connectivity index (χ2v) is 6.20. The molecule has 2 aromatic rings. The first kappa shape index (κ1) is 12.2. The lowest BCUT2D eigenvalue weighted by Gasteiger charge is -2.19. The fourth-order valence-electron chi connectivity index (χ4n) is 2.63. The Bertz CT molecular complexity index is 561. The molecular weight excluding hydrogens is 262 g/mol. The smallest absolute Gasteiger partial charge is 0.0661 e. The molecule has 3 rings (SSSR count). The van der Waals surface area contributed by atoms with E-state index in [-0.39, 0.29) is 6.04 Å². The molecule has 0 fully saturated rings. The predicted octanol–water partition coefficient (Wildman–Crippen LogP) is 4.33. The molecule has 1 aromatic carbocycles. The predicted molar refractivity (Wildman–Crippen MR) is 78.4 cm³/mol. The second-order valence-electron chi connectivity index (χ2n) is 4.85. The van der Waals surface area contributed by atoms with Crippen molar-refractivity contribution in [2.75, 3.05) is 0 Å². The van der Waals surface area contributed by atoms with Crippen molar-refractivity contribution in [3.8, 4) is 0 Å². The number of fused-ring (bicyclic) bond motifs is 1. The SMILES string of the molecule is NC(c1ccc2c(c1)CCCC2)c1sccc1Cl. The maximum atomic E-state index is 6.32. The van der Waals surface area contributed by atoms with Gasteiger partial charge in [0.2, 0.25) is 0 Å². The van der Waals surface area contributed by atoms with Crippen LogP contribution < -0.4 is 5.73 Å². The maximum absolute atomic E-state index is 6.32. The topological polar surface area (TPSA) is 26.0 Å². The van der Waals surface area contributed by atoms with Gasteiger partial charge in [0.05, 0.1) is 11.1 Å². The first-order chi connectivity index (χ1) is 8.75. The van der Waals surface area contributed by atoms with E-state index in [0.29, 0.717) is 0 Å². The molecule has 1 atom stereocenters. The van der Waals surface area contributed by atoms with Gasteiger partial charge < -0.3 is 5.73 Å². The largest absolute Gasteiger partial charge is 0.320 e. The van der Waals surface area contributed by atoms with Crippen LogP contribution >= 0.6 is 22.9 Å². The molecular formula is C15H16ClNS. The summed E-state index contributed by atoms with van der Waals surface area (Å²) in [7, 11) is 0. The molecule has 0 amide bonds. The van der Waals surface area contributed by atoms with Crippen LogP contribution in [-0.4, -0.2) is 0 Å². The second kappa shape index (κ2) is 5.04. The van der Waals surface area contributed by atoms with Gasteiger partial charge in [-0.25, -0.2) is 0 Å². The molecule has 1 aliphatic rings. The molecule has 0 spiro atoms. The fourth-order valence-corrected chi connectivity index (χ4v) is 3.83. The zero-order valence-electron chi connectivity index (χ0n) is 10.2. The number of nitrogens with two attached hydrogens (primary N) is 1. The van der Waals surface area contributed by atoms with Crippen LogP contribution in [0, 0.1) is 0 Å². The van der Waals surface area contributed by atoms with Crippen LogP contribution in [0.3, 0.4) is 0 Å². The molecule has 1 nitrogen and oxygen atoms in total. The third-order valence-electron chi connectivity index (χ3n) is 3.66. The molecule has 2 N–H and O–H groups in total. The monoisotopic (exact) mass is 277 g/mol. The van der Waals surface area contributed by atoms with E-state index in [1.807, 2.05) is 11.4 Å². The molecule has 94 valence electrons. The highest BCUT2D eigenvalue weighted by atomic mass is 35.5.